The molecule has 0 spiro atoms. The van der Waals surface area contributed by atoms with Crippen LogP contribution in [0.1, 0.15) is 22.3 Å². The van der Waals surface area contributed by atoms with E-state index in [4.69, 9.17) is 11.6 Å². The number of benzene rings is 3. The van der Waals surface area contributed by atoms with Gasteiger partial charge in [-0.2, -0.15) is 0 Å². The first-order chi connectivity index (χ1) is 17.6. The minimum atomic E-state index is -3.72. The number of aliphatic imine (C=N–C) groups is 1. The number of sulfonamides is 1. The second-order valence-corrected chi connectivity index (χ2v) is 11.3. The fourth-order valence-corrected chi connectivity index (χ4v) is 5.28. The summed E-state index contributed by atoms with van der Waals surface area (Å²) in [5, 5.41) is 18.0. The van der Waals surface area contributed by atoms with E-state index in [0.717, 1.165) is 15.6 Å². The van der Waals surface area contributed by atoms with Gasteiger partial charge in [0.25, 0.3) is 5.69 Å². The third kappa shape index (κ3) is 8.26. The molecule has 3 aromatic rings. The lowest BCUT2D eigenvalue weighted by atomic mass is 10.1. The van der Waals surface area contributed by atoms with Crippen molar-refractivity contribution in [3.05, 3.63) is 103 Å². The smallest absolute Gasteiger partial charge is 0.272 e. The summed E-state index contributed by atoms with van der Waals surface area (Å²) in [4.78, 5) is 15.6. The van der Waals surface area contributed by atoms with Gasteiger partial charge in [-0.15, -0.1) is 0 Å². The van der Waals surface area contributed by atoms with E-state index in [0.29, 0.717) is 35.2 Å². The Labute approximate surface area is 229 Å². The van der Waals surface area contributed by atoms with Crippen molar-refractivity contribution in [2.75, 3.05) is 13.1 Å². The number of nitrogens with one attached hydrogen (secondary N) is 3. The minimum Gasteiger partial charge on any atom is -0.355 e. The molecule has 37 heavy (non-hydrogen) atoms. The minimum absolute atomic E-state index is 0.0486. The molecule has 9 nitrogen and oxygen atoms in total. The Kier molecular flexibility index (Phi) is 10.0. The molecule has 3 N–H and O–H groups in total. The normalized spacial score (nSPS) is 11.8. The molecule has 196 valence electrons. The van der Waals surface area contributed by atoms with Crippen molar-refractivity contribution < 1.29 is 13.3 Å². The third-order valence-electron chi connectivity index (χ3n) is 5.53. The van der Waals surface area contributed by atoms with Crippen molar-refractivity contribution in [2.45, 2.75) is 31.8 Å². The van der Waals surface area contributed by atoms with E-state index in [9.17, 15) is 18.5 Å². The van der Waals surface area contributed by atoms with E-state index < -0.39 is 14.9 Å². The zero-order valence-corrected chi connectivity index (χ0v) is 23.5. The molecule has 0 heterocycles. The molecule has 0 fully saturated rings. The molecule has 3 rings (SSSR count). The maximum Gasteiger partial charge on any atom is 0.272 e. The van der Waals surface area contributed by atoms with E-state index in [1.165, 1.54) is 18.2 Å². The van der Waals surface area contributed by atoms with Crippen molar-refractivity contribution in [3.8, 4) is 0 Å². The van der Waals surface area contributed by atoms with Crippen molar-refractivity contribution >= 4 is 49.2 Å². The summed E-state index contributed by atoms with van der Waals surface area (Å²) in [6.45, 7) is 4.44. The van der Waals surface area contributed by atoms with E-state index >= 15 is 0 Å². The molecular weight excluding hydrogens is 582 g/mol. The second-order valence-electron chi connectivity index (χ2n) is 8.20. The molecule has 3 aromatic carbocycles. The molecule has 0 aliphatic rings. The summed E-state index contributed by atoms with van der Waals surface area (Å²) >= 11 is 9.35. The number of aryl methyl sites for hydroxylation is 1. The van der Waals surface area contributed by atoms with Crippen LogP contribution in [0.15, 0.2) is 75.0 Å². The van der Waals surface area contributed by atoms with Crippen molar-refractivity contribution in [2.24, 2.45) is 4.99 Å². The lowest BCUT2D eigenvalue weighted by Crippen LogP contribution is -2.41. The summed E-state index contributed by atoms with van der Waals surface area (Å²) in [6, 6.07) is 17.3. The Morgan fingerprint density at radius 2 is 1.78 bits per heavy atom. The lowest BCUT2D eigenvalue weighted by Gasteiger charge is -2.15. The molecule has 12 heteroatoms. The number of hydrogen-bond acceptors (Lipinski definition) is 5. The predicted octanol–water partition coefficient (Wildman–Crippen LogP) is 4.84. The van der Waals surface area contributed by atoms with E-state index in [1.54, 1.807) is 26.0 Å². The van der Waals surface area contributed by atoms with Crippen LogP contribution in [0.25, 0.3) is 0 Å². The van der Waals surface area contributed by atoms with Crippen molar-refractivity contribution in [1.82, 2.24) is 15.4 Å². The molecule has 0 radical (unpaired) electrons. The zero-order chi connectivity index (χ0) is 27.0. The fraction of sp³-hybridized carbons (Fsp3) is 0.240. The van der Waals surface area contributed by atoms with Gasteiger partial charge in [0.05, 0.1) is 16.4 Å². The molecule has 0 aliphatic heterocycles. The summed E-state index contributed by atoms with van der Waals surface area (Å²) in [6.07, 6.45) is 0. The summed E-state index contributed by atoms with van der Waals surface area (Å²) < 4.78 is 28.9. The van der Waals surface area contributed by atoms with Gasteiger partial charge in [-0.1, -0.05) is 51.8 Å². The first-order valence-electron chi connectivity index (χ1n) is 11.3. The molecule has 0 aliphatic carbocycles. The summed E-state index contributed by atoms with van der Waals surface area (Å²) in [7, 11) is -3.72. The van der Waals surface area contributed by atoms with Crippen LogP contribution >= 0.6 is 27.5 Å². The highest BCUT2D eigenvalue weighted by Crippen LogP contribution is 2.21. The monoisotopic (exact) mass is 607 g/mol. The highest BCUT2D eigenvalue weighted by molar-refractivity contribution is 9.10. The maximum atomic E-state index is 12.7. The molecule has 0 atom stereocenters. The number of rotatable bonds is 10. The van der Waals surface area contributed by atoms with Crippen LogP contribution in [0.2, 0.25) is 5.02 Å². The van der Waals surface area contributed by atoms with Gasteiger partial charge in [-0.05, 0) is 60.9 Å². The van der Waals surface area contributed by atoms with Gasteiger partial charge in [-0.3, -0.25) is 10.1 Å². The first-order valence-corrected chi connectivity index (χ1v) is 14.0. The number of guanidine groups is 1. The van der Waals surface area contributed by atoms with Crippen LogP contribution in [0.3, 0.4) is 0 Å². The Bertz CT molecular complexity index is 1400. The average molecular weight is 609 g/mol. The van der Waals surface area contributed by atoms with Gasteiger partial charge in [0.15, 0.2) is 5.96 Å². The van der Waals surface area contributed by atoms with Crippen molar-refractivity contribution in [3.63, 3.8) is 0 Å². The maximum absolute atomic E-state index is 12.7. The molecule has 0 unspecified atom stereocenters. The van der Waals surface area contributed by atoms with E-state index in [2.05, 4.69) is 36.3 Å². The number of nitro groups is 1. The standard InChI is InChI=1S/C25H27BrClN5O4S/c1-17-14-22(27)10-11-24(17)37(35,36)31-13-12-28-25(29-15-19-6-8-21(26)9-7-19)30-16-20-4-3-5-23(18(20)2)32(33)34/h3-11,14,31H,12-13,15-16H2,1-2H3,(H2,28,29,30). The Hall–Kier alpha value is -2.99. The van der Waals surface area contributed by atoms with Crippen LogP contribution in [0.5, 0.6) is 0 Å². The third-order valence-corrected chi connectivity index (χ3v) is 7.91. The Balaban J connectivity index is 1.67. The van der Waals surface area contributed by atoms with Gasteiger partial charge in [0.2, 0.25) is 10.0 Å². The number of nitrogens with zero attached hydrogens (tertiary/aromatic N) is 2. The summed E-state index contributed by atoms with van der Waals surface area (Å²) in [5.74, 6) is 0.440. The topological polar surface area (TPSA) is 126 Å². The van der Waals surface area contributed by atoms with Gasteiger partial charge in [0, 0.05) is 40.8 Å². The lowest BCUT2D eigenvalue weighted by molar-refractivity contribution is -0.385. The fourth-order valence-electron chi connectivity index (χ4n) is 3.53. The van der Waals surface area contributed by atoms with Crippen molar-refractivity contribution in [1.29, 1.82) is 0 Å². The van der Waals surface area contributed by atoms with E-state index in [-0.39, 0.29) is 23.7 Å². The van der Waals surface area contributed by atoms with Crippen LogP contribution in [-0.4, -0.2) is 32.4 Å². The van der Waals surface area contributed by atoms with Crippen LogP contribution in [-0.2, 0) is 23.1 Å². The van der Waals surface area contributed by atoms with Gasteiger partial charge < -0.3 is 10.6 Å². The molecule has 0 bridgehead atoms. The second kappa shape index (κ2) is 13.0. The Morgan fingerprint density at radius 3 is 2.46 bits per heavy atom. The van der Waals surface area contributed by atoms with Crippen LogP contribution in [0, 0.1) is 24.0 Å². The van der Waals surface area contributed by atoms with Gasteiger partial charge >= 0.3 is 0 Å². The average Bonchev–Trinajstić information content (AvgIpc) is 2.84. The molecular formula is C25H27BrClN5O4S. The first kappa shape index (κ1) is 28.6. The SMILES string of the molecule is Cc1cc(Cl)ccc1S(=O)(=O)NCCNC(=NCc1ccc(Br)cc1)NCc1cccc([N+](=O)[O-])c1C. The largest absolute Gasteiger partial charge is 0.355 e. The number of hydrogen-bond donors (Lipinski definition) is 3. The summed E-state index contributed by atoms with van der Waals surface area (Å²) in [5.41, 5.74) is 2.91. The molecule has 0 aromatic heterocycles. The van der Waals surface area contributed by atoms with E-state index in [1.807, 2.05) is 30.3 Å². The van der Waals surface area contributed by atoms with Gasteiger partial charge in [0.1, 0.15) is 0 Å². The molecule has 0 saturated heterocycles. The van der Waals surface area contributed by atoms with Crippen LogP contribution in [0.4, 0.5) is 5.69 Å². The quantitative estimate of drug-likeness (QED) is 0.0994. The van der Waals surface area contributed by atoms with Crippen LogP contribution < -0.4 is 15.4 Å². The number of halogens is 2. The number of nitro benzene ring substituents is 1. The Morgan fingerprint density at radius 1 is 1.05 bits per heavy atom. The molecule has 0 amide bonds. The highest BCUT2D eigenvalue weighted by Gasteiger charge is 2.17. The molecule has 0 saturated carbocycles. The highest BCUT2D eigenvalue weighted by atomic mass is 79.9. The predicted molar refractivity (Wildman–Crippen MR) is 149 cm³/mol. The zero-order valence-electron chi connectivity index (χ0n) is 20.3. The van der Waals surface area contributed by atoms with Gasteiger partial charge in [-0.25, -0.2) is 18.1 Å².